The standard InChI is InChI=1S/C13H19NO/c1-11(2)8-9-14-13(10-15)12-6-4-3-5-7-12/h3-7,13-15H,1,8-10H2,2H3. The fraction of sp³-hybridized carbons (Fsp3) is 0.385. The summed E-state index contributed by atoms with van der Waals surface area (Å²) in [4.78, 5) is 0. The molecular weight excluding hydrogens is 186 g/mol. The zero-order valence-corrected chi connectivity index (χ0v) is 9.24. The summed E-state index contributed by atoms with van der Waals surface area (Å²) in [6.07, 6.45) is 0.948. The second-order valence-electron chi connectivity index (χ2n) is 3.81. The topological polar surface area (TPSA) is 32.3 Å². The van der Waals surface area contributed by atoms with E-state index in [4.69, 9.17) is 0 Å². The van der Waals surface area contributed by atoms with Gasteiger partial charge in [-0.1, -0.05) is 35.9 Å². The third-order valence-electron chi connectivity index (χ3n) is 2.33. The van der Waals surface area contributed by atoms with Gasteiger partial charge in [0.05, 0.1) is 12.6 Å². The van der Waals surface area contributed by atoms with E-state index >= 15 is 0 Å². The lowest BCUT2D eigenvalue weighted by Gasteiger charge is -2.16. The maximum Gasteiger partial charge on any atom is 0.0626 e. The molecule has 1 unspecified atom stereocenters. The predicted octanol–water partition coefficient (Wildman–Crippen LogP) is 2.28. The summed E-state index contributed by atoms with van der Waals surface area (Å²) in [5.74, 6) is 0. The van der Waals surface area contributed by atoms with Crippen LogP contribution in [0.3, 0.4) is 0 Å². The molecule has 0 aliphatic rings. The molecule has 0 saturated carbocycles. The molecule has 2 N–H and O–H groups in total. The van der Waals surface area contributed by atoms with Crippen molar-refractivity contribution in [3.05, 3.63) is 48.0 Å². The van der Waals surface area contributed by atoms with E-state index in [0.717, 1.165) is 24.1 Å². The number of benzene rings is 1. The van der Waals surface area contributed by atoms with Gasteiger partial charge >= 0.3 is 0 Å². The molecule has 1 aromatic carbocycles. The van der Waals surface area contributed by atoms with Crippen LogP contribution in [0.15, 0.2) is 42.5 Å². The first-order valence-electron chi connectivity index (χ1n) is 5.27. The first kappa shape index (κ1) is 12.0. The summed E-state index contributed by atoms with van der Waals surface area (Å²) in [7, 11) is 0. The van der Waals surface area contributed by atoms with E-state index in [2.05, 4.69) is 11.9 Å². The molecule has 1 atom stereocenters. The summed E-state index contributed by atoms with van der Waals surface area (Å²) >= 11 is 0. The maximum atomic E-state index is 9.26. The van der Waals surface area contributed by atoms with Crippen LogP contribution in [0.4, 0.5) is 0 Å². The van der Waals surface area contributed by atoms with Gasteiger partial charge in [0.15, 0.2) is 0 Å². The van der Waals surface area contributed by atoms with Crippen LogP contribution in [0.2, 0.25) is 0 Å². The first-order chi connectivity index (χ1) is 7.24. The van der Waals surface area contributed by atoms with E-state index in [0.29, 0.717) is 0 Å². The van der Waals surface area contributed by atoms with Crippen molar-refractivity contribution in [2.24, 2.45) is 0 Å². The van der Waals surface area contributed by atoms with E-state index in [1.54, 1.807) is 0 Å². The average molecular weight is 205 g/mol. The van der Waals surface area contributed by atoms with Crippen LogP contribution >= 0.6 is 0 Å². The van der Waals surface area contributed by atoms with Gasteiger partial charge < -0.3 is 10.4 Å². The average Bonchev–Trinajstić information content (AvgIpc) is 2.25. The molecule has 2 heteroatoms. The molecule has 0 fully saturated rings. The van der Waals surface area contributed by atoms with Crippen molar-refractivity contribution in [2.45, 2.75) is 19.4 Å². The smallest absolute Gasteiger partial charge is 0.0626 e. The Hall–Kier alpha value is -1.12. The zero-order chi connectivity index (χ0) is 11.1. The highest BCUT2D eigenvalue weighted by molar-refractivity contribution is 5.18. The molecule has 1 aromatic rings. The molecule has 0 saturated heterocycles. The van der Waals surface area contributed by atoms with Gasteiger partial charge in [0.2, 0.25) is 0 Å². The Kier molecular flexibility index (Phi) is 5.08. The minimum atomic E-state index is 0.0329. The van der Waals surface area contributed by atoms with E-state index in [9.17, 15) is 5.11 Å². The third kappa shape index (κ3) is 4.28. The molecule has 0 aromatic heterocycles. The van der Waals surface area contributed by atoms with Gasteiger partial charge in [0.1, 0.15) is 0 Å². The van der Waals surface area contributed by atoms with Crippen LogP contribution in [0, 0.1) is 0 Å². The first-order valence-corrected chi connectivity index (χ1v) is 5.27. The summed E-state index contributed by atoms with van der Waals surface area (Å²) in [6, 6.07) is 10.0. The molecule has 0 bridgehead atoms. The van der Waals surface area contributed by atoms with Gasteiger partial charge in [-0.25, -0.2) is 0 Å². The van der Waals surface area contributed by atoms with Crippen molar-refractivity contribution in [3.63, 3.8) is 0 Å². The minimum Gasteiger partial charge on any atom is -0.394 e. The zero-order valence-electron chi connectivity index (χ0n) is 9.24. The summed E-state index contributed by atoms with van der Waals surface area (Å²) in [5.41, 5.74) is 2.29. The number of rotatable bonds is 6. The van der Waals surface area contributed by atoms with Gasteiger partial charge in [0, 0.05) is 0 Å². The highest BCUT2D eigenvalue weighted by Crippen LogP contribution is 2.11. The van der Waals surface area contributed by atoms with Crippen LogP contribution in [0.25, 0.3) is 0 Å². The number of aliphatic hydroxyl groups is 1. The van der Waals surface area contributed by atoms with Crippen molar-refractivity contribution in [2.75, 3.05) is 13.2 Å². The number of hydrogen-bond acceptors (Lipinski definition) is 2. The number of nitrogens with one attached hydrogen (secondary N) is 1. The number of aliphatic hydroxyl groups excluding tert-OH is 1. The highest BCUT2D eigenvalue weighted by Gasteiger charge is 2.07. The number of hydrogen-bond donors (Lipinski definition) is 2. The van der Waals surface area contributed by atoms with Gasteiger partial charge in [-0.05, 0) is 25.5 Å². The van der Waals surface area contributed by atoms with Gasteiger partial charge in [-0.2, -0.15) is 0 Å². The maximum absolute atomic E-state index is 9.26. The van der Waals surface area contributed by atoms with Crippen molar-refractivity contribution < 1.29 is 5.11 Å². The van der Waals surface area contributed by atoms with Crippen molar-refractivity contribution in [1.29, 1.82) is 0 Å². The molecule has 0 heterocycles. The van der Waals surface area contributed by atoms with Crippen LogP contribution in [-0.4, -0.2) is 18.3 Å². The van der Waals surface area contributed by atoms with Crippen LogP contribution in [0.5, 0.6) is 0 Å². The predicted molar refractivity (Wildman–Crippen MR) is 63.7 cm³/mol. The van der Waals surface area contributed by atoms with Crippen LogP contribution in [-0.2, 0) is 0 Å². The molecule has 0 amide bonds. The van der Waals surface area contributed by atoms with E-state index < -0.39 is 0 Å². The summed E-state index contributed by atoms with van der Waals surface area (Å²) in [5, 5.41) is 12.6. The minimum absolute atomic E-state index is 0.0329. The van der Waals surface area contributed by atoms with Crippen LogP contribution < -0.4 is 5.32 Å². The normalized spacial score (nSPS) is 12.4. The Morgan fingerprint density at radius 2 is 2.07 bits per heavy atom. The Labute approximate surface area is 91.6 Å². The molecular formula is C13H19NO. The third-order valence-corrected chi connectivity index (χ3v) is 2.33. The second-order valence-corrected chi connectivity index (χ2v) is 3.81. The second kappa shape index (κ2) is 6.38. The molecule has 15 heavy (non-hydrogen) atoms. The molecule has 82 valence electrons. The lowest BCUT2D eigenvalue weighted by atomic mass is 10.1. The summed E-state index contributed by atoms with van der Waals surface area (Å²) in [6.45, 7) is 6.84. The lowest BCUT2D eigenvalue weighted by Crippen LogP contribution is -2.25. The van der Waals surface area contributed by atoms with E-state index in [1.165, 1.54) is 0 Å². The quantitative estimate of drug-likeness (QED) is 0.698. The van der Waals surface area contributed by atoms with Crippen molar-refractivity contribution in [3.8, 4) is 0 Å². The monoisotopic (exact) mass is 205 g/mol. The van der Waals surface area contributed by atoms with Crippen molar-refractivity contribution >= 4 is 0 Å². The summed E-state index contributed by atoms with van der Waals surface area (Å²) < 4.78 is 0. The molecule has 2 nitrogen and oxygen atoms in total. The Bertz CT molecular complexity index is 295. The molecule has 0 aliphatic heterocycles. The Balaban J connectivity index is 2.46. The van der Waals surface area contributed by atoms with E-state index in [-0.39, 0.29) is 12.6 Å². The SMILES string of the molecule is C=C(C)CCNC(CO)c1ccccc1. The molecule has 1 rings (SSSR count). The highest BCUT2D eigenvalue weighted by atomic mass is 16.3. The fourth-order valence-electron chi connectivity index (χ4n) is 1.43. The van der Waals surface area contributed by atoms with Crippen LogP contribution in [0.1, 0.15) is 24.9 Å². The van der Waals surface area contributed by atoms with Crippen molar-refractivity contribution in [1.82, 2.24) is 5.32 Å². The lowest BCUT2D eigenvalue weighted by molar-refractivity contribution is 0.245. The van der Waals surface area contributed by atoms with Gasteiger partial charge in [-0.15, -0.1) is 6.58 Å². The largest absolute Gasteiger partial charge is 0.394 e. The molecule has 0 aliphatic carbocycles. The Morgan fingerprint density at radius 3 is 2.60 bits per heavy atom. The van der Waals surface area contributed by atoms with Gasteiger partial charge in [0.25, 0.3) is 0 Å². The molecule has 0 radical (unpaired) electrons. The Morgan fingerprint density at radius 1 is 1.40 bits per heavy atom. The molecule has 0 spiro atoms. The fourth-order valence-corrected chi connectivity index (χ4v) is 1.43. The van der Waals surface area contributed by atoms with Gasteiger partial charge in [-0.3, -0.25) is 0 Å². The van der Waals surface area contributed by atoms with E-state index in [1.807, 2.05) is 37.3 Å².